The van der Waals surface area contributed by atoms with Gasteiger partial charge in [-0.15, -0.1) is 11.3 Å². The van der Waals surface area contributed by atoms with Crippen LogP contribution in [0.3, 0.4) is 0 Å². The van der Waals surface area contributed by atoms with E-state index in [2.05, 4.69) is 15.5 Å². The minimum absolute atomic E-state index is 0.0945. The molecule has 0 aliphatic heterocycles. The van der Waals surface area contributed by atoms with Crippen molar-refractivity contribution in [2.24, 2.45) is 0 Å². The third kappa shape index (κ3) is 3.67. The summed E-state index contributed by atoms with van der Waals surface area (Å²) in [6.45, 7) is 3.74. The van der Waals surface area contributed by atoms with Gasteiger partial charge in [-0.2, -0.15) is 4.98 Å². The number of carbonyl (C=O) groups is 2. The molecule has 1 amide bonds. The number of carboxylic acid groups (broad SMARTS) is 1. The summed E-state index contributed by atoms with van der Waals surface area (Å²) < 4.78 is 10.3. The number of aryl methyl sites for hydroxylation is 2. The molecule has 0 aliphatic rings. The number of thiophene rings is 1. The number of amides is 1. The number of carbonyl (C=O) groups excluding carboxylic acids is 1. The van der Waals surface area contributed by atoms with Gasteiger partial charge in [-0.05, 0) is 31.0 Å². The molecule has 0 aliphatic carbocycles. The van der Waals surface area contributed by atoms with Crippen LogP contribution in [-0.4, -0.2) is 27.1 Å². The Kier molecular flexibility index (Phi) is 5.17. The number of carboxylic acids is 1. The second kappa shape index (κ2) is 7.52. The third-order valence-electron chi connectivity index (χ3n) is 3.80. The second-order valence-electron chi connectivity index (χ2n) is 5.54. The van der Waals surface area contributed by atoms with Crippen LogP contribution in [0.2, 0.25) is 0 Å². The van der Waals surface area contributed by atoms with Crippen molar-refractivity contribution in [2.45, 2.75) is 33.1 Å². The Bertz CT molecular complexity index is 927. The van der Waals surface area contributed by atoms with E-state index in [0.29, 0.717) is 28.9 Å². The lowest BCUT2D eigenvalue weighted by Gasteiger charge is -2.04. The van der Waals surface area contributed by atoms with Crippen LogP contribution in [0.15, 0.2) is 27.3 Å². The van der Waals surface area contributed by atoms with Gasteiger partial charge < -0.3 is 19.4 Å². The maximum absolute atomic E-state index is 12.2. The van der Waals surface area contributed by atoms with E-state index in [-0.39, 0.29) is 24.3 Å². The average Bonchev–Trinajstić information content (AvgIpc) is 3.32. The van der Waals surface area contributed by atoms with Crippen LogP contribution in [0.5, 0.6) is 0 Å². The lowest BCUT2D eigenvalue weighted by molar-refractivity contribution is -0.116. The van der Waals surface area contributed by atoms with Gasteiger partial charge in [-0.1, -0.05) is 12.1 Å². The van der Waals surface area contributed by atoms with Gasteiger partial charge in [0.2, 0.25) is 17.6 Å². The van der Waals surface area contributed by atoms with Crippen LogP contribution in [0.4, 0.5) is 5.00 Å². The molecule has 3 rings (SSSR count). The number of aromatic carboxylic acids is 1. The molecule has 9 heteroatoms. The normalized spacial score (nSPS) is 10.8. The molecule has 26 heavy (non-hydrogen) atoms. The highest BCUT2D eigenvalue weighted by molar-refractivity contribution is 7.16. The van der Waals surface area contributed by atoms with E-state index in [1.807, 2.05) is 13.8 Å². The van der Waals surface area contributed by atoms with Gasteiger partial charge in [0.05, 0.1) is 11.8 Å². The molecule has 0 saturated heterocycles. The van der Waals surface area contributed by atoms with Gasteiger partial charge in [0, 0.05) is 17.7 Å². The summed E-state index contributed by atoms with van der Waals surface area (Å²) in [5, 5.41) is 16.3. The maximum atomic E-state index is 12.2. The Morgan fingerprint density at radius 3 is 2.85 bits per heavy atom. The zero-order chi connectivity index (χ0) is 18.7. The van der Waals surface area contributed by atoms with Gasteiger partial charge in [-0.3, -0.25) is 4.79 Å². The predicted octanol–water partition coefficient (Wildman–Crippen LogP) is 3.53. The van der Waals surface area contributed by atoms with E-state index in [1.54, 1.807) is 12.1 Å². The van der Waals surface area contributed by atoms with Crippen molar-refractivity contribution >= 4 is 28.2 Å². The number of aromatic nitrogens is 2. The van der Waals surface area contributed by atoms with Crippen molar-refractivity contribution in [2.75, 3.05) is 5.32 Å². The zero-order valence-corrected chi connectivity index (χ0v) is 15.1. The first-order chi connectivity index (χ1) is 12.5. The molecule has 0 aromatic carbocycles. The first-order valence-electron chi connectivity index (χ1n) is 8.01. The Morgan fingerprint density at radius 2 is 2.19 bits per heavy atom. The number of nitrogens with zero attached hydrogens (tertiary/aromatic N) is 2. The number of anilines is 1. The summed E-state index contributed by atoms with van der Waals surface area (Å²) in [4.78, 5) is 28.8. The number of hydrogen-bond acceptors (Lipinski definition) is 7. The number of hydrogen-bond donors (Lipinski definition) is 2. The van der Waals surface area contributed by atoms with E-state index in [0.717, 1.165) is 10.4 Å². The van der Waals surface area contributed by atoms with Gasteiger partial charge in [0.15, 0.2) is 5.76 Å². The molecule has 0 atom stereocenters. The molecule has 0 bridgehead atoms. The van der Waals surface area contributed by atoms with E-state index < -0.39 is 5.97 Å². The third-order valence-corrected chi connectivity index (χ3v) is 4.87. The number of furan rings is 1. The van der Waals surface area contributed by atoms with E-state index >= 15 is 0 Å². The van der Waals surface area contributed by atoms with Crippen molar-refractivity contribution in [1.82, 2.24) is 10.1 Å². The number of rotatable bonds is 7. The molecule has 0 unspecified atom stereocenters. The molecule has 0 saturated carbocycles. The largest absolute Gasteiger partial charge is 0.478 e. The molecule has 0 fully saturated rings. The molecule has 0 radical (unpaired) electrons. The molecule has 3 aromatic heterocycles. The molecule has 3 aromatic rings. The Hall–Kier alpha value is -2.94. The topological polar surface area (TPSA) is 118 Å². The Labute approximate surface area is 152 Å². The summed E-state index contributed by atoms with van der Waals surface area (Å²) in [5.74, 6) is -0.242. The molecular formula is C17H17N3O5S. The highest BCUT2D eigenvalue weighted by atomic mass is 32.1. The van der Waals surface area contributed by atoms with Crippen molar-refractivity contribution in [3.05, 3.63) is 40.3 Å². The quantitative estimate of drug-likeness (QED) is 0.648. The van der Waals surface area contributed by atoms with E-state index in [1.165, 1.54) is 17.6 Å². The average molecular weight is 375 g/mol. The van der Waals surface area contributed by atoms with Crippen LogP contribution in [0.25, 0.3) is 11.6 Å². The predicted molar refractivity (Wildman–Crippen MR) is 94.3 cm³/mol. The zero-order valence-electron chi connectivity index (χ0n) is 14.2. The fraction of sp³-hybridized carbons (Fsp3) is 0.294. The van der Waals surface area contributed by atoms with Crippen LogP contribution in [0, 0.1) is 6.92 Å². The Balaban J connectivity index is 1.64. The lowest BCUT2D eigenvalue weighted by atomic mass is 10.1. The maximum Gasteiger partial charge on any atom is 0.339 e. The number of nitrogens with one attached hydrogen (secondary N) is 1. The first kappa shape index (κ1) is 17.9. The summed E-state index contributed by atoms with van der Waals surface area (Å²) in [7, 11) is 0. The van der Waals surface area contributed by atoms with E-state index in [4.69, 9.17) is 8.94 Å². The fourth-order valence-electron chi connectivity index (χ4n) is 2.59. The van der Waals surface area contributed by atoms with Crippen molar-refractivity contribution < 1.29 is 23.6 Å². The summed E-state index contributed by atoms with van der Waals surface area (Å²) >= 11 is 1.27. The first-order valence-corrected chi connectivity index (χ1v) is 8.83. The molecular weight excluding hydrogens is 358 g/mol. The Morgan fingerprint density at radius 1 is 1.38 bits per heavy atom. The monoisotopic (exact) mass is 375 g/mol. The molecule has 8 nitrogen and oxygen atoms in total. The van der Waals surface area contributed by atoms with Crippen LogP contribution < -0.4 is 5.32 Å². The fourth-order valence-corrected chi connectivity index (χ4v) is 3.74. The second-order valence-corrected chi connectivity index (χ2v) is 6.76. The standard InChI is InChI=1S/C17H17N3O5S/c1-3-10-9(2)26-16(14(10)17(22)23)18-12(21)6-7-13-19-15(20-25-13)11-5-4-8-24-11/h4-5,8H,3,6-7H2,1-2H3,(H,18,21)(H,22,23). The van der Waals surface area contributed by atoms with Crippen LogP contribution in [-0.2, 0) is 17.6 Å². The molecule has 2 N–H and O–H groups in total. The van der Waals surface area contributed by atoms with Gasteiger partial charge >= 0.3 is 5.97 Å². The minimum Gasteiger partial charge on any atom is -0.478 e. The SMILES string of the molecule is CCc1c(C)sc(NC(=O)CCc2nc(-c3ccco3)no2)c1C(=O)O. The van der Waals surface area contributed by atoms with E-state index in [9.17, 15) is 14.7 Å². The van der Waals surface area contributed by atoms with Crippen LogP contribution >= 0.6 is 11.3 Å². The molecule has 0 spiro atoms. The van der Waals surface area contributed by atoms with Gasteiger partial charge in [0.1, 0.15) is 5.00 Å². The van der Waals surface area contributed by atoms with Crippen molar-refractivity contribution in [3.63, 3.8) is 0 Å². The van der Waals surface area contributed by atoms with Gasteiger partial charge in [-0.25, -0.2) is 4.79 Å². The van der Waals surface area contributed by atoms with Crippen molar-refractivity contribution in [1.29, 1.82) is 0 Å². The summed E-state index contributed by atoms with van der Waals surface area (Å²) in [5.41, 5.74) is 0.916. The minimum atomic E-state index is -1.04. The van der Waals surface area contributed by atoms with Crippen molar-refractivity contribution in [3.8, 4) is 11.6 Å². The highest BCUT2D eigenvalue weighted by Crippen LogP contribution is 2.33. The summed E-state index contributed by atoms with van der Waals surface area (Å²) in [6.07, 6.45) is 2.44. The smallest absolute Gasteiger partial charge is 0.339 e. The van der Waals surface area contributed by atoms with Crippen LogP contribution in [0.1, 0.15) is 40.0 Å². The summed E-state index contributed by atoms with van der Waals surface area (Å²) in [6, 6.07) is 3.42. The van der Waals surface area contributed by atoms with Gasteiger partial charge in [0.25, 0.3) is 0 Å². The molecule has 3 heterocycles. The lowest BCUT2D eigenvalue weighted by Crippen LogP contribution is -2.14. The highest BCUT2D eigenvalue weighted by Gasteiger charge is 2.22. The molecule has 136 valence electrons.